The number of hydrogen-bond acceptors (Lipinski definition) is 4. The SMILES string of the molecule is CC(=O)N1CCN(c2ccc(C(C)C(=O)O)cn2)CC1. The van der Waals surface area contributed by atoms with Gasteiger partial charge < -0.3 is 14.9 Å². The topological polar surface area (TPSA) is 73.7 Å². The normalized spacial score (nSPS) is 16.9. The first-order valence-corrected chi connectivity index (χ1v) is 6.68. The molecular weight excluding hydrogens is 258 g/mol. The molecule has 1 aromatic heterocycles. The Morgan fingerprint density at radius 3 is 2.35 bits per heavy atom. The number of aliphatic carboxylic acids is 1. The van der Waals surface area contributed by atoms with Gasteiger partial charge in [0.15, 0.2) is 0 Å². The number of nitrogens with zero attached hydrogens (tertiary/aromatic N) is 3. The van der Waals surface area contributed by atoms with Crippen LogP contribution in [0.25, 0.3) is 0 Å². The van der Waals surface area contributed by atoms with Crippen LogP contribution in [0.15, 0.2) is 18.3 Å². The lowest BCUT2D eigenvalue weighted by Crippen LogP contribution is -2.48. The summed E-state index contributed by atoms with van der Waals surface area (Å²) >= 11 is 0. The maximum absolute atomic E-state index is 11.3. The predicted octanol–water partition coefficient (Wildman–Crippen LogP) is 0.938. The molecule has 1 N–H and O–H groups in total. The molecule has 1 unspecified atom stereocenters. The number of anilines is 1. The Balaban J connectivity index is 2.01. The quantitative estimate of drug-likeness (QED) is 0.890. The fourth-order valence-corrected chi connectivity index (χ4v) is 2.23. The first kappa shape index (κ1) is 14.3. The Labute approximate surface area is 118 Å². The van der Waals surface area contributed by atoms with E-state index in [1.807, 2.05) is 11.0 Å². The van der Waals surface area contributed by atoms with Crippen LogP contribution in [0, 0.1) is 0 Å². The Bertz CT molecular complexity index is 493. The van der Waals surface area contributed by atoms with Gasteiger partial charge in [-0.15, -0.1) is 0 Å². The summed E-state index contributed by atoms with van der Waals surface area (Å²) in [6.07, 6.45) is 1.62. The summed E-state index contributed by atoms with van der Waals surface area (Å²) in [6, 6.07) is 3.65. The van der Waals surface area contributed by atoms with Gasteiger partial charge in [-0.05, 0) is 18.6 Å². The minimum absolute atomic E-state index is 0.100. The third-order valence-electron chi connectivity index (χ3n) is 3.69. The zero-order chi connectivity index (χ0) is 14.7. The van der Waals surface area contributed by atoms with Crippen molar-refractivity contribution in [2.24, 2.45) is 0 Å². The summed E-state index contributed by atoms with van der Waals surface area (Å²) in [6.45, 7) is 6.12. The van der Waals surface area contributed by atoms with E-state index in [0.717, 1.165) is 18.9 Å². The van der Waals surface area contributed by atoms with Crippen molar-refractivity contribution in [1.82, 2.24) is 9.88 Å². The summed E-state index contributed by atoms with van der Waals surface area (Å²) in [5, 5.41) is 8.96. The highest BCUT2D eigenvalue weighted by Crippen LogP contribution is 2.19. The second-order valence-corrected chi connectivity index (χ2v) is 5.00. The zero-order valence-electron chi connectivity index (χ0n) is 11.7. The molecule has 6 nitrogen and oxygen atoms in total. The van der Waals surface area contributed by atoms with Crippen molar-refractivity contribution in [3.8, 4) is 0 Å². The smallest absolute Gasteiger partial charge is 0.310 e. The first-order valence-electron chi connectivity index (χ1n) is 6.68. The highest BCUT2D eigenvalue weighted by atomic mass is 16.4. The van der Waals surface area contributed by atoms with Crippen LogP contribution in [0.5, 0.6) is 0 Å². The number of amides is 1. The molecule has 1 amide bonds. The van der Waals surface area contributed by atoms with E-state index < -0.39 is 11.9 Å². The van der Waals surface area contributed by atoms with E-state index in [2.05, 4.69) is 9.88 Å². The maximum atomic E-state index is 11.3. The number of carboxylic acid groups (broad SMARTS) is 1. The molecule has 2 heterocycles. The molecule has 6 heteroatoms. The highest BCUT2D eigenvalue weighted by molar-refractivity contribution is 5.75. The molecular formula is C14H19N3O3. The molecule has 0 aromatic carbocycles. The van der Waals surface area contributed by atoms with Crippen LogP contribution in [-0.2, 0) is 9.59 Å². The van der Waals surface area contributed by atoms with Gasteiger partial charge in [-0.2, -0.15) is 0 Å². The number of piperazine rings is 1. The summed E-state index contributed by atoms with van der Waals surface area (Å²) < 4.78 is 0. The lowest BCUT2D eigenvalue weighted by atomic mass is 10.0. The van der Waals surface area contributed by atoms with Crippen LogP contribution in [0.1, 0.15) is 25.3 Å². The Morgan fingerprint density at radius 1 is 1.25 bits per heavy atom. The standard InChI is InChI=1S/C14H19N3O3/c1-10(14(19)20)12-3-4-13(15-9-12)17-7-5-16(6-8-17)11(2)18/h3-4,9-10H,5-8H2,1-2H3,(H,19,20). The molecule has 1 fully saturated rings. The molecule has 1 aromatic rings. The van der Waals surface area contributed by atoms with Crippen molar-refractivity contribution in [3.05, 3.63) is 23.9 Å². The molecule has 1 saturated heterocycles. The Morgan fingerprint density at radius 2 is 1.90 bits per heavy atom. The number of rotatable bonds is 3. The fraction of sp³-hybridized carbons (Fsp3) is 0.500. The Hall–Kier alpha value is -2.11. The summed E-state index contributed by atoms with van der Waals surface area (Å²) in [5.74, 6) is -0.474. The van der Waals surface area contributed by atoms with Crippen molar-refractivity contribution >= 4 is 17.7 Å². The van der Waals surface area contributed by atoms with Crippen molar-refractivity contribution in [3.63, 3.8) is 0 Å². The molecule has 20 heavy (non-hydrogen) atoms. The largest absolute Gasteiger partial charge is 0.481 e. The lowest BCUT2D eigenvalue weighted by Gasteiger charge is -2.34. The van der Waals surface area contributed by atoms with E-state index >= 15 is 0 Å². The number of aromatic nitrogens is 1. The average Bonchev–Trinajstić information content (AvgIpc) is 2.46. The molecule has 1 atom stereocenters. The number of carbonyl (C=O) groups excluding carboxylic acids is 1. The van der Waals surface area contributed by atoms with E-state index in [1.54, 1.807) is 26.1 Å². The molecule has 0 spiro atoms. The van der Waals surface area contributed by atoms with Crippen molar-refractivity contribution in [1.29, 1.82) is 0 Å². The summed E-state index contributed by atoms with van der Waals surface area (Å²) in [4.78, 5) is 30.4. The maximum Gasteiger partial charge on any atom is 0.310 e. The average molecular weight is 277 g/mol. The molecule has 1 aliphatic rings. The number of pyridine rings is 1. The van der Waals surface area contributed by atoms with E-state index in [-0.39, 0.29) is 5.91 Å². The molecule has 0 saturated carbocycles. The Kier molecular flexibility index (Phi) is 4.22. The minimum Gasteiger partial charge on any atom is -0.481 e. The van der Waals surface area contributed by atoms with Crippen molar-refractivity contribution in [2.45, 2.75) is 19.8 Å². The molecule has 0 bridgehead atoms. The van der Waals surface area contributed by atoms with E-state index in [4.69, 9.17) is 5.11 Å². The molecule has 1 aliphatic heterocycles. The van der Waals surface area contributed by atoms with Gasteiger partial charge in [0, 0.05) is 39.3 Å². The van der Waals surface area contributed by atoms with Gasteiger partial charge in [-0.25, -0.2) is 4.98 Å². The van der Waals surface area contributed by atoms with Crippen LogP contribution in [0.2, 0.25) is 0 Å². The van der Waals surface area contributed by atoms with Gasteiger partial charge in [0.2, 0.25) is 5.91 Å². The van der Waals surface area contributed by atoms with Gasteiger partial charge in [-0.1, -0.05) is 6.07 Å². The van der Waals surface area contributed by atoms with Gasteiger partial charge in [-0.3, -0.25) is 9.59 Å². The van der Waals surface area contributed by atoms with E-state index in [0.29, 0.717) is 18.7 Å². The monoisotopic (exact) mass is 277 g/mol. The third kappa shape index (κ3) is 3.07. The fourth-order valence-electron chi connectivity index (χ4n) is 2.23. The van der Waals surface area contributed by atoms with Crippen LogP contribution >= 0.6 is 0 Å². The van der Waals surface area contributed by atoms with E-state index in [1.165, 1.54) is 0 Å². The van der Waals surface area contributed by atoms with Crippen LogP contribution in [-0.4, -0.2) is 53.0 Å². The van der Waals surface area contributed by atoms with Crippen LogP contribution in [0.4, 0.5) is 5.82 Å². The van der Waals surface area contributed by atoms with E-state index in [9.17, 15) is 9.59 Å². The molecule has 0 radical (unpaired) electrons. The molecule has 108 valence electrons. The highest BCUT2D eigenvalue weighted by Gasteiger charge is 2.20. The van der Waals surface area contributed by atoms with Gasteiger partial charge in [0.1, 0.15) is 5.82 Å². The van der Waals surface area contributed by atoms with Gasteiger partial charge >= 0.3 is 5.97 Å². The number of carboxylic acids is 1. The van der Waals surface area contributed by atoms with Crippen molar-refractivity contribution in [2.75, 3.05) is 31.1 Å². The molecule has 0 aliphatic carbocycles. The first-order chi connectivity index (χ1) is 9.49. The number of carbonyl (C=O) groups is 2. The zero-order valence-corrected chi connectivity index (χ0v) is 11.7. The third-order valence-corrected chi connectivity index (χ3v) is 3.69. The van der Waals surface area contributed by atoms with Gasteiger partial charge in [0.25, 0.3) is 0 Å². The lowest BCUT2D eigenvalue weighted by molar-refractivity contribution is -0.138. The number of hydrogen-bond donors (Lipinski definition) is 1. The van der Waals surface area contributed by atoms with Crippen molar-refractivity contribution < 1.29 is 14.7 Å². The predicted molar refractivity (Wildman–Crippen MR) is 74.8 cm³/mol. The van der Waals surface area contributed by atoms with Gasteiger partial charge in [0.05, 0.1) is 5.92 Å². The minimum atomic E-state index is -0.852. The molecule has 2 rings (SSSR count). The van der Waals surface area contributed by atoms with Crippen LogP contribution < -0.4 is 4.90 Å². The summed E-state index contributed by atoms with van der Waals surface area (Å²) in [7, 11) is 0. The summed E-state index contributed by atoms with van der Waals surface area (Å²) in [5.41, 5.74) is 0.698. The second kappa shape index (κ2) is 5.90. The second-order valence-electron chi connectivity index (χ2n) is 5.00. The van der Waals surface area contributed by atoms with Crippen LogP contribution in [0.3, 0.4) is 0 Å².